The Morgan fingerprint density at radius 2 is 1.79 bits per heavy atom. The summed E-state index contributed by atoms with van der Waals surface area (Å²) in [5, 5.41) is 0. The van der Waals surface area contributed by atoms with Gasteiger partial charge < -0.3 is 19.1 Å². The summed E-state index contributed by atoms with van der Waals surface area (Å²) in [6.45, 7) is 3.87. The van der Waals surface area contributed by atoms with Crippen LogP contribution in [0.1, 0.15) is 5.56 Å². The molecule has 2 aromatic rings. The first kappa shape index (κ1) is 20.0. The fraction of sp³-hybridized carbons (Fsp3) is 0.429. The maximum Gasteiger partial charge on any atom is 0.280 e. The van der Waals surface area contributed by atoms with E-state index in [4.69, 9.17) is 14.2 Å². The molecule has 0 bridgehead atoms. The number of benzene rings is 2. The summed E-state index contributed by atoms with van der Waals surface area (Å²) < 4.78 is 18.1. The summed E-state index contributed by atoms with van der Waals surface area (Å²) in [6, 6.07) is 9.97. The molecule has 2 aliphatic heterocycles. The van der Waals surface area contributed by atoms with Gasteiger partial charge in [-0.15, -0.1) is 0 Å². The number of hydrogen-bond donors (Lipinski definition) is 0. The van der Waals surface area contributed by atoms with E-state index >= 15 is 0 Å². The molecule has 1 saturated heterocycles. The topological polar surface area (TPSA) is 54.3 Å². The Labute approximate surface area is 178 Å². The zero-order valence-electron chi connectivity index (χ0n) is 16.9. The molecule has 0 radical (unpaired) electrons. The summed E-state index contributed by atoms with van der Waals surface area (Å²) in [7, 11) is 4.93. The van der Waals surface area contributed by atoms with E-state index in [0.29, 0.717) is 12.2 Å². The Morgan fingerprint density at radius 1 is 1.03 bits per heavy atom. The van der Waals surface area contributed by atoms with Gasteiger partial charge in [-0.1, -0.05) is 6.07 Å². The molecule has 1 atom stereocenters. The van der Waals surface area contributed by atoms with Gasteiger partial charge in [0, 0.05) is 48.0 Å². The van der Waals surface area contributed by atoms with Crippen molar-refractivity contribution in [3.05, 3.63) is 45.3 Å². The number of anilines is 1. The third-order valence-electron chi connectivity index (χ3n) is 5.62. The number of halogens is 1. The normalized spacial score (nSPS) is 18.8. The maximum atomic E-state index is 12.7. The molecular weight excluding hydrogens is 438 g/mol. The van der Waals surface area contributed by atoms with Crippen LogP contribution in [-0.2, 0) is 6.54 Å². The summed E-state index contributed by atoms with van der Waals surface area (Å²) in [6.07, 6.45) is 0. The van der Waals surface area contributed by atoms with Gasteiger partial charge in [0.1, 0.15) is 17.5 Å². The molecule has 0 N–H and O–H groups in total. The first-order valence-corrected chi connectivity index (χ1v) is 10.4. The fourth-order valence-corrected chi connectivity index (χ4v) is 4.68. The lowest BCUT2D eigenvalue weighted by molar-refractivity contribution is -0.469. The predicted molar refractivity (Wildman–Crippen MR) is 115 cm³/mol. The molecule has 0 saturated carbocycles. The second kappa shape index (κ2) is 8.20. The van der Waals surface area contributed by atoms with Crippen LogP contribution in [0.4, 0.5) is 11.4 Å². The Hall–Kier alpha value is -2.32. The van der Waals surface area contributed by atoms with Crippen molar-refractivity contribution in [3.8, 4) is 17.2 Å². The number of piperazine rings is 1. The number of nitroso groups, excluding NO2 is 1. The Morgan fingerprint density at radius 3 is 2.52 bits per heavy atom. The van der Waals surface area contributed by atoms with Crippen LogP contribution >= 0.6 is 15.9 Å². The minimum atomic E-state index is 0.139. The summed E-state index contributed by atoms with van der Waals surface area (Å²) >= 11 is 3.48. The van der Waals surface area contributed by atoms with E-state index in [1.165, 1.54) is 0 Å². The molecule has 0 amide bonds. The van der Waals surface area contributed by atoms with E-state index in [2.05, 4.69) is 31.8 Å². The third kappa shape index (κ3) is 3.79. The highest BCUT2D eigenvalue weighted by molar-refractivity contribution is 9.10. The van der Waals surface area contributed by atoms with Crippen molar-refractivity contribution in [2.45, 2.75) is 12.6 Å². The van der Waals surface area contributed by atoms with Crippen molar-refractivity contribution < 1.29 is 19.0 Å². The average molecular weight is 463 g/mol. The highest BCUT2D eigenvalue weighted by Gasteiger charge is 2.41. The summed E-state index contributed by atoms with van der Waals surface area (Å²) in [5.41, 5.74) is 2.81. The van der Waals surface area contributed by atoms with Gasteiger partial charge in [-0.25, -0.2) is 0 Å². The second-order valence-corrected chi connectivity index (χ2v) is 8.16. The molecule has 2 aromatic carbocycles. The Kier molecular flexibility index (Phi) is 5.65. The smallest absolute Gasteiger partial charge is 0.280 e. The lowest BCUT2D eigenvalue weighted by atomic mass is 10.0. The monoisotopic (exact) mass is 462 g/mol. The van der Waals surface area contributed by atoms with Gasteiger partial charge in [0.15, 0.2) is 11.5 Å². The number of methoxy groups -OCH3 is 3. The maximum absolute atomic E-state index is 12.7. The minimum absolute atomic E-state index is 0.139. The molecule has 8 heteroatoms. The van der Waals surface area contributed by atoms with Gasteiger partial charge in [-0.3, -0.25) is 4.90 Å². The molecule has 7 nitrogen and oxygen atoms in total. The van der Waals surface area contributed by atoms with Crippen LogP contribution in [-0.4, -0.2) is 63.2 Å². The first-order chi connectivity index (χ1) is 14.0. The van der Waals surface area contributed by atoms with E-state index in [1.54, 1.807) is 21.3 Å². The van der Waals surface area contributed by atoms with Crippen LogP contribution in [0, 0.1) is 4.91 Å². The second-order valence-electron chi connectivity index (χ2n) is 7.31. The van der Waals surface area contributed by atoms with E-state index in [1.807, 2.05) is 24.3 Å². The van der Waals surface area contributed by atoms with Gasteiger partial charge in [0.25, 0.3) is 5.69 Å². The quantitative estimate of drug-likeness (QED) is 0.632. The summed E-state index contributed by atoms with van der Waals surface area (Å²) in [5.74, 6) is 2.20. The van der Waals surface area contributed by atoms with Crippen molar-refractivity contribution in [2.75, 3.05) is 52.4 Å². The lowest BCUT2D eigenvalue weighted by Gasteiger charge is -2.42. The molecule has 0 aliphatic carbocycles. The van der Waals surface area contributed by atoms with E-state index < -0.39 is 0 Å². The van der Waals surface area contributed by atoms with E-state index in [-0.39, 0.29) is 6.04 Å². The molecule has 0 spiro atoms. The van der Waals surface area contributed by atoms with Crippen molar-refractivity contribution in [1.82, 2.24) is 4.90 Å². The molecule has 154 valence electrons. The zero-order valence-corrected chi connectivity index (χ0v) is 18.4. The number of rotatable bonds is 5. The molecule has 29 heavy (non-hydrogen) atoms. The number of nitrogens with zero attached hydrogens (tertiary/aromatic N) is 3. The molecule has 2 heterocycles. The van der Waals surface area contributed by atoms with E-state index in [9.17, 15) is 4.91 Å². The Bertz CT molecular complexity index is 936. The first-order valence-electron chi connectivity index (χ1n) is 9.56. The molecule has 2 aliphatic rings. The van der Waals surface area contributed by atoms with Gasteiger partial charge in [-0.2, -0.15) is 0 Å². The van der Waals surface area contributed by atoms with Crippen molar-refractivity contribution in [3.63, 3.8) is 0 Å². The van der Waals surface area contributed by atoms with Crippen molar-refractivity contribution >= 4 is 27.3 Å². The molecule has 0 aromatic heterocycles. The van der Waals surface area contributed by atoms with Crippen LogP contribution < -0.4 is 19.1 Å². The average Bonchev–Trinajstić information content (AvgIpc) is 2.73. The molecule has 1 unspecified atom stereocenters. The SMILES string of the molecule is COc1cc2c(cc1Br)[N+](=O)CC1CN(Cc3ccc(OC)c(OC)c3)CCN21. The lowest BCUT2D eigenvalue weighted by Crippen LogP contribution is -2.57. The van der Waals surface area contributed by atoms with Gasteiger partial charge in [0.2, 0.25) is 6.54 Å². The minimum Gasteiger partial charge on any atom is -0.495 e. The van der Waals surface area contributed by atoms with Crippen LogP contribution in [0.3, 0.4) is 0 Å². The fourth-order valence-electron chi connectivity index (χ4n) is 4.18. The number of hydrogen-bond acceptors (Lipinski definition) is 6. The van der Waals surface area contributed by atoms with Gasteiger partial charge >= 0.3 is 0 Å². The van der Waals surface area contributed by atoms with Crippen LogP contribution in [0.5, 0.6) is 17.2 Å². The Balaban J connectivity index is 1.52. The standard InChI is InChI=1S/C21H25BrN3O4/c1-27-19-5-4-14(8-21(19)29-3)11-23-6-7-24-15(12-23)13-25(26)18-9-16(22)20(28-2)10-17(18)24/h4-5,8-10,15H,6-7,11-13H2,1-3H3/q+1. The largest absolute Gasteiger partial charge is 0.495 e. The number of ether oxygens (including phenoxy) is 3. The predicted octanol–water partition coefficient (Wildman–Crippen LogP) is 3.59. The number of fused-ring (bicyclic) bond motifs is 3. The zero-order chi connectivity index (χ0) is 20.5. The molecule has 1 fully saturated rings. The van der Waals surface area contributed by atoms with Crippen LogP contribution in [0.2, 0.25) is 0 Å². The highest BCUT2D eigenvalue weighted by atomic mass is 79.9. The summed E-state index contributed by atoms with van der Waals surface area (Å²) in [4.78, 5) is 17.4. The molecule has 4 rings (SSSR count). The van der Waals surface area contributed by atoms with Crippen LogP contribution in [0.25, 0.3) is 0 Å². The third-order valence-corrected chi connectivity index (χ3v) is 6.24. The van der Waals surface area contributed by atoms with Gasteiger partial charge in [-0.05, 0) is 33.6 Å². The van der Waals surface area contributed by atoms with Crippen LogP contribution in [0.15, 0.2) is 34.8 Å². The van der Waals surface area contributed by atoms with E-state index in [0.717, 1.165) is 63.9 Å². The highest BCUT2D eigenvalue weighted by Crippen LogP contribution is 2.42. The van der Waals surface area contributed by atoms with Gasteiger partial charge in [0.05, 0.1) is 25.8 Å². The van der Waals surface area contributed by atoms with Crippen molar-refractivity contribution in [1.29, 1.82) is 0 Å². The van der Waals surface area contributed by atoms with Crippen molar-refractivity contribution in [2.24, 2.45) is 0 Å². The molecular formula is C21H25BrN3O4+.